The van der Waals surface area contributed by atoms with E-state index in [9.17, 15) is 0 Å². The molecule has 0 amide bonds. The van der Waals surface area contributed by atoms with E-state index in [1.165, 1.54) is 12.1 Å². The molecule has 0 fully saturated rings. The monoisotopic (exact) mass is 208 g/mol. The van der Waals surface area contributed by atoms with Crippen molar-refractivity contribution in [1.29, 1.82) is 0 Å². The molecule has 4 heteroatoms. The first-order valence-electron chi connectivity index (χ1n) is 5.82. The van der Waals surface area contributed by atoms with E-state index in [0.29, 0.717) is 12.1 Å². The van der Waals surface area contributed by atoms with Crippen molar-refractivity contribution < 1.29 is 0 Å². The number of aromatic nitrogens is 3. The minimum Gasteiger partial charge on any atom is -0.351 e. The normalized spacial score (nSPS) is 16.3. The van der Waals surface area contributed by atoms with Crippen LogP contribution < -0.4 is 4.90 Å². The van der Waals surface area contributed by atoms with Crippen molar-refractivity contribution in [3.8, 4) is 0 Å². The van der Waals surface area contributed by atoms with Crippen molar-refractivity contribution in [3.05, 3.63) is 5.69 Å². The van der Waals surface area contributed by atoms with Crippen LogP contribution in [-0.2, 0) is 6.42 Å². The summed E-state index contributed by atoms with van der Waals surface area (Å²) in [4.78, 5) is 2.35. The number of rotatable bonds is 2. The van der Waals surface area contributed by atoms with Crippen LogP contribution in [0.4, 0.5) is 5.82 Å². The summed E-state index contributed by atoms with van der Waals surface area (Å²) in [6.45, 7) is 9.85. The number of hydrogen-bond donors (Lipinski definition) is 0. The molecule has 0 spiro atoms. The van der Waals surface area contributed by atoms with Crippen molar-refractivity contribution in [2.75, 3.05) is 11.4 Å². The third-order valence-electron chi connectivity index (χ3n) is 2.97. The minimum absolute atomic E-state index is 0.411. The average molecular weight is 208 g/mol. The van der Waals surface area contributed by atoms with Crippen LogP contribution >= 0.6 is 0 Å². The van der Waals surface area contributed by atoms with Crippen LogP contribution in [0.15, 0.2) is 0 Å². The summed E-state index contributed by atoms with van der Waals surface area (Å²) in [6.07, 6.45) is 2.33. The molecular formula is C11H20N4. The summed E-state index contributed by atoms with van der Waals surface area (Å²) < 4.78 is 2.06. The summed E-state index contributed by atoms with van der Waals surface area (Å²) in [7, 11) is 0. The van der Waals surface area contributed by atoms with Crippen molar-refractivity contribution >= 4 is 5.82 Å². The summed E-state index contributed by atoms with van der Waals surface area (Å²) in [5, 5.41) is 8.57. The molecule has 0 N–H and O–H groups in total. The molecule has 2 rings (SSSR count). The minimum atomic E-state index is 0.411. The van der Waals surface area contributed by atoms with Crippen LogP contribution in [0.3, 0.4) is 0 Å². The molecule has 1 aromatic rings. The van der Waals surface area contributed by atoms with Crippen molar-refractivity contribution in [1.82, 2.24) is 15.0 Å². The van der Waals surface area contributed by atoms with Gasteiger partial charge in [-0.1, -0.05) is 5.21 Å². The van der Waals surface area contributed by atoms with Gasteiger partial charge < -0.3 is 4.90 Å². The zero-order valence-corrected chi connectivity index (χ0v) is 10.1. The van der Waals surface area contributed by atoms with E-state index < -0.39 is 0 Å². The third kappa shape index (κ3) is 1.73. The molecule has 0 bridgehead atoms. The topological polar surface area (TPSA) is 34.0 Å². The van der Waals surface area contributed by atoms with Crippen molar-refractivity contribution in [2.24, 2.45) is 0 Å². The number of fused-ring (bicyclic) bond motifs is 1. The highest BCUT2D eigenvalue weighted by Gasteiger charge is 2.25. The maximum Gasteiger partial charge on any atom is 0.174 e. The second-order valence-electron chi connectivity index (χ2n) is 4.79. The fraction of sp³-hybridized carbons (Fsp3) is 0.818. The van der Waals surface area contributed by atoms with Crippen LogP contribution in [0.5, 0.6) is 0 Å². The average Bonchev–Trinajstić information content (AvgIpc) is 2.59. The second kappa shape index (κ2) is 3.83. The van der Waals surface area contributed by atoms with E-state index in [-0.39, 0.29) is 0 Å². The van der Waals surface area contributed by atoms with E-state index in [0.717, 1.165) is 18.8 Å². The highest BCUT2D eigenvalue weighted by atomic mass is 15.5. The largest absolute Gasteiger partial charge is 0.351 e. The number of anilines is 1. The Hall–Kier alpha value is -1.06. The maximum absolute atomic E-state index is 4.32. The molecule has 0 radical (unpaired) electrons. The van der Waals surface area contributed by atoms with Gasteiger partial charge in [0.1, 0.15) is 0 Å². The summed E-state index contributed by atoms with van der Waals surface area (Å²) in [5.74, 6) is 1.10. The van der Waals surface area contributed by atoms with Crippen LogP contribution in [0.25, 0.3) is 0 Å². The Morgan fingerprint density at radius 2 is 1.87 bits per heavy atom. The van der Waals surface area contributed by atoms with Gasteiger partial charge in [-0.05, 0) is 40.5 Å². The lowest BCUT2D eigenvalue weighted by Gasteiger charge is -2.31. The molecule has 0 saturated carbocycles. The van der Waals surface area contributed by atoms with Gasteiger partial charge in [-0.15, -0.1) is 5.10 Å². The summed E-state index contributed by atoms with van der Waals surface area (Å²) in [5.41, 5.74) is 1.31. The Balaban J connectivity index is 2.38. The lowest BCUT2D eigenvalue weighted by Crippen LogP contribution is -2.36. The van der Waals surface area contributed by atoms with Crippen LogP contribution in [0.1, 0.15) is 45.9 Å². The highest BCUT2D eigenvalue weighted by Crippen LogP contribution is 2.27. The fourth-order valence-electron chi connectivity index (χ4n) is 2.19. The molecule has 4 nitrogen and oxygen atoms in total. The van der Waals surface area contributed by atoms with E-state index in [2.05, 4.69) is 47.6 Å². The molecule has 0 aromatic carbocycles. The zero-order chi connectivity index (χ0) is 11.0. The van der Waals surface area contributed by atoms with Gasteiger partial charge in [-0.2, -0.15) is 0 Å². The summed E-state index contributed by atoms with van der Waals surface area (Å²) >= 11 is 0. The molecule has 0 saturated heterocycles. The molecule has 1 aliphatic heterocycles. The second-order valence-corrected chi connectivity index (χ2v) is 4.79. The van der Waals surface area contributed by atoms with Gasteiger partial charge in [0.05, 0.1) is 5.69 Å². The van der Waals surface area contributed by atoms with Crippen LogP contribution in [0.2, 0.25) is 0 Å². The van der Waals surface area contributed by atoms with Gasteiger partial charge in [0.2, 0.25) is 0 Å². The molecule has 0 aliphatic carbocycles. The molecule has 2 heterocycles. The first-order chi connectivity index (χ1) is 7.11. The van der Waals surface area contributed by atoms with Crippen molar-refractivity contribution in [2.45, 2.75) is 52.6 Å². The Labute approximate surface area is 91.3 Å². The molecule has 1 aromatic heterocycles. The van der Waals surface area contributed by atoms with E-state index >= 15 is 0 Å². The Kier molecular flexibility index (Phi) is 2.67. The Morgan fingerprint density at radius 3 is 2.47 bits per heavy atom. The lowest BCUT2D eigenvalue weighted by molar-refractivity contribution is 0.487. The zero-order valence-electron chi connectivity index (χ0n) is 10.1. The first kappa shape index (κ1) is 10.5. The SMILES string of the molecule is CC(C)N1CCCc2c1nnn2C(C)C. The Bertz CT molecular complexity index is 340. The third-order valence-corrected chi connectivity index (χ3v) is 2.97. The van der Waals surface area contributed by atoms with E-state index in [1.54, 1.807) is 0 Å². The fourth-order valence-corrected chi connectivity index (χ4v) is 2.19. The van der Waals surface area contributed by atoms with Gasteiger partial charge in [0, 0.05) is 18.6 Å². The molecule has 0 atom stereocenters. The predicted molar refractivity (Wildman–Crippen MR) is 61.2 cm³/mol. The van der Waals surface area contributed by atoms with E-state index in [1.807, 2.05) is 0 Å². The standard InChI is InChI=1S/C11H20N4/c1-8(2)14-7-5-6-10-11(14)12-13-15(10)9(3)4/h8-9H,5-7H2,1-4H3. The Morgan fingerprint density at radius 1 is 1.13 bits per heavy atom. The predicted octanol–water partition coefficient (Wildman–Crippen LogP) is 2.02. The molecule has 0 unspecified atom stereocenters. The molecule has 1 aliphatic rings. The summed E-state index contributed by atoms with van der Waals surface area (Å²) in [6, 6.07) is 0.926. The van der Waals surface area contributed by atoms with Gasteiger partial charge in [-0.3, -0.25) is 0 Å². The number of nitrogens with zero attached hydrogens (tertiary/aromatic N) is 4. The maximum atomic E-state index is 4.32. The van der Waals surface area contributed by atoms with Crippen LogP contribution in [-0.4, -0.2) is 27.6 Å². The smallest absolute Gasteiger partial charge is 0.174 e. The van der Waals surface area contributed by atoms with Crippen LogP contribution in [0, 0.1) is 0 Å². The van der Waals surface area contributed by atoms with Gasteiger partial charge in [0.15, 0.2) is 5.82 Å². The van der Waals surface area contributed by atoms with Gasteiger partial charge >= 0.3 is 0 Å². The highest BCUT2D eigenvalue weighted by molar-refractivity contribution is 5.46. The molecule has 15 heavy (non-hydrogen) atoms. The van der Waals surface area contributed by atoms with Gasteiger partial charge in [-0.25, -0.2) is 4.68 Å². The first-order valence-corrected chi connectivity index (χ1v) is 5.82. The van der Waals surface area contributed by atoms with E-state index in [4.69, 9.17) is 0 Å². The quantitative estimate of drug-likeness (QED) is 0.745. The molecule has 84 valence electrons. The lowest BCUT2D eigenvalue weighted by atomic mass is 10.1. The number of hydrogen-bond acceptors (Lipinski definition) is 3. The molecular weight excluding hydrogens is 188 g/mol. The van der Waals surface area contributed by atoms with Crippen molar-refractivity contribution in [3.63, 3.8) is 0 Å². The van der Waals surface area contributed by atoms with Gasteiger partial charge in [0.25, 0.3) is 0 Å².